The van der Waals surface area contributed by atoms with Crippen molar-refractivity contribution in [2.45, 2.75) is 17.9 Å². The third-order valence-electron chi connectivity index (χ3n) is 4.40. The normalized spacial score (nSPS) is 12.7. The summed E-state index contributed by atoms with van der Waals surface area (Å²) < 4.78 is 23.2. The lowest BCUT2D eigenvalue weighted by Gasteiger charge is -2.16. The van der Waals surface area contributed by atoms with Crippen LogP contribution in [0.4, 0.5) is 5.69 Å². The van der Waals surface area contributed by atoms with Crippen molar-refractivity contribution in [3.05, 3.63) is 72.3 Å². The van der Waals surface area contributed by atoms with Gasteiger partial charge >= 0.3 is 0 Å². The van der Waals surface area contributed by atoms with Crippen LogP contribution in [0, 0.1) is 0 Å². The number of hydrogen-bond acceptors (Lipinski definition) is 4. The van der Waals surface area contributed by atoms with Crippen LogP contribution < -0.4 is 10.6 Å². The first-order valence-corrected chi connectivity index (χ1v) is 10.5. The van der Waals surface area contributed by atoms with E-state index in [-0.39, 0.29) is 23.4 Å². The number of sulfone groups is 1. The van der Waals surface area contributed by atoms with E-state index in [1.807, 2.05) is 31.2 Å². The summed E-state index contributed by atoms with van der Waals surface area (Å²) in [4.78, 5) is 12.4. The second-order valence-electron chi connectivity index (χ2n) is 6.52. The minimum absolute atomic E-state index is 0.01000. The maximum atomic E-state index is 12.2. The molecule has 0 fully saturated rings. The minimum atomic E-state index is -3.31. The van der Waals surface area contributed by atoms with Gasteiger partial charge in [0.05, 0.1) is 11.4 Å². The van der Waals surface area contributed by atoms with E-state index in [0.717, 1.165) is 22.6 Å². The fourth-order valence-corrected chi connectivity index (χ4v) is 3.66. The molecule has 0 aliphatic rings. The maximum Gasteiger partial charge on any atom is 0.238 e. The number of amides is 1. The van der Waals surface area contributed by atoms with Crippen LogP contribution in [-0.4, -0.2) is 27.1 Å². The van der Waals surface area contributed by atoms with E-state index < -0.39 is 9.84 Å². The molecule has 0 aliphatic heterocycles. The van der Waals surface area contributed by atoms with E-state index in [9.17, 15) is 13.2 Å². The summed E-state index contributed by atoms with van der Waals surface area (Å²) in [6, 6.07) is 20.5. The lowest BCUT2D eigenvalue weighted by atomic mass is 10.00. The highest BCUT2D eigenvalue weighted by molar-refractivity contribution is 7.90. The molecule has 2 N–H and O–H groups in total. The lowest BCUT2D eigenvalue weighted by molar-refractivity contribution is -0.115. The van der Waals surface area contributed by atoms with Gasteiger partial charge in [0.2, 0.25) is 5.91 Å². The van der Waals surface area contributed by atoms with Gasteiger partial charge in [-0.2, -0.15) is 0 Å². The summed E-state index contributed by atoms with van der Waals surface area (Å²) in [5, 5.41) is 8.27. The van der Waals surface area contributed by atoms with E-state index in [0.29, 0.717) is 5.69 Å². The number of anilines is 1. The predicted molar refractivity (Wildman–Crippen MR) is 109 cm³/mol. The van der Waals surface area contributed by atoms with Gasteiger partial charge < -0.3 is 10.6 Å². The van der Waals surface area contributed by atoms with E-state index in [2.05, 4.69) is 28.8 Å². The van der Waals surface area contributed by atoms with Gasteiger partial charge in [-0.3, -0.25) is 4.79 Å². The van der Waals surface area contributed by atoms with Gasteiger partial charge in [-0.1, -0.05) is 48.5 Å². The Morgan fingerprint density at radius 1 is 1.00 bits per heavy atom. The van der Waals surface area contributed by atoms with Gasteiger partial charge in [-0.05, 0) is 41.5 Å². The molecule has 5 nitrogen and oxygen atoms in total. The molecule has 0 saturated carbocycles. The lowest BCUT2D eigenvalue weighted by Crippen LogP contribution is -2.30. The van der Waals surface area contributed by atoms with Crippen LogP contribution >= 0.6 is 0 Å². The van der Waals surface area contributed by atoms with Crippen LogP contribution in [0.15, 0.2) is 71.6 Å². The number of hydrogen-bond donors (Lipinski definition) is 2. The zero-order valence-corrected chi connectivity index (χ0v) is 16.1. The molecule has 0 aliphatic carbocycles. The van der Waals surface area contributed by atoms with Gasteiger partial charge in [-0.15, -0.1) is 0 Å². The number of rotatable bonds is 6. The fourth-order valence-electron chi connectivity index (χ4n) is 2.99. The summed E-state index contributed by atoms with van der Waals surface area (Å²) in [5.41, 5.74) is 1.59. The van der Waals surface area contributed by atoms with E-state index in [4.69, 9.17) is 0 Å². The number of fused-ring (bicyclic) bond motifs is 1. The third-order valence-corrected chi connectivity index (χ3v) is 5.51. The number of nitrogens with one attached hydrogen (secondary N) is 2. The standard InChI is InChI=1S/C21H22N2O3S/c1-15(19-12-5-8-16-7-3-4-11-20(16)19)22-14-21(24)23-17-9-6-10-18(13-17)27(2,25)26/h3-13,15,22H,14H2,1-2H3,(H,23,24)/t15-/m0/s1. The van der Waals surface area contributed by atoms with Gasteiger partial charge in [0, 0.05) is 18.0 Å². The Kier molecular flexibility index (Phi) is 5.58. The van der Waals surface area contributed by atoms with Crippen LogP contribution in [0.25, 0.3) is 10.8 Å². The summed E-state index contributed by atoms with van der Waals surface area (Å²) in [5.74, 6) is -0.229. The summed E-state index contributed by atoms with van der Waals surface area (Å²) in [6.45, 7) is 2.13. The Hall–Kier alpha value is -2.70. The van der Waals surface area contributed by atoms with Crippen LogP contribution in [0.3, 0.4) is 0 Å². The highest BCUT2D eigenvalue weighted by Gasteiger charge is 2.12. The molecule has 6 heteroatoms. The van der Waals surface area contributed by atoms with Crippen LogP contribution in [-0.2, 0) is 14.6 Å². The molecule has 0 radical (unpaired) electrons. The highest BCUT2D eigenvalue weighted by Crippen LogP contribution is 2.24. The molecule has 3 aromatic carbocycles. The van der Waals surface area contributed by atoms with Gasteiger partial charge in [0.25, 0.3) is 0 Å². The topological polar surface area (TPSA) is 75.3 Å². The van der Waals surface area contributed by atoms with Gasteiger partial charge in [0.1, 0.15) is 0 Å². The SMILES string of the molecule is C[C@H](NCC(=O)Nc1cccc(S(C)(=O)=O)c1)c1cccc2ccccc12. The smallest absolute Gasteiger partial charge is 0.238 e. The van der Waals surface area contributed by atoms with Crippen molar-refractivity contribution in [3.8, 4) is 0 Å². The maximum absolute atomic E-state index is 12.2. The summed E-state index contributed by atoms with van der Waals surface area (Å²) in [6.07, 6.45) is 1.14. The van der Waals surface area contributed by atoms with Crippen molar-refractivity contribution in [2.24, 2.45) is 0 Å². The molecule has 3 aromatic rings. The van der Waals surface area contributed by atoms with Crippen molar-refractivity contribution < 1.29 is 13.2 Å². The second-order valence-corrected chi connectivity index (χ2v) is 8.53. The molecule has 0 unspecified atom stereocenters. The van der Waals surface area contributed by atoms with E-state index >= 15 is 0 Å². The van der Waals surface area contributed by atoms with Crippen LogP contribution in [0.2, 0.25) is 0 Å². The molecule has 140 valence electrons. The second kappa shape index (κ2) is 7.90. The molecular formula is C21H22N2O3S. The molecule has 0 saturated heterocycles. The molecule has 0 spiro atoms. The molecule has 0 aromatic heterocycles. The molecule has 3 rings (SSSR count). The van der Waals surface area contributed by atoms with Crippen molar-refractivity contribution in [3.63, 3.8) is 0 Å². The molecule has 0 heterocycles. The first kappa shape index (κ1) is 19.1. The van der Waals surface area contributed by atoms with Gasteiger partial charge in [0.15, 0.2) is 9.84 Å². The Bertz CT molecular complexity index is 1070. The summed E-state index contributed by atoms with van der Waals surface area (Å²) in [7, 11) is -3.31. The fraction of sp³-hybridized carbons (Fsp3) is 0.190. The van der Waals surface area contributed by atoms with Crippen molar-refractivity contribution in [2.75, 3.05) is 18.1 Å². The molecule has 1 atom stereocenters. The number of carbonyl (C=O) groups excluding carboxylic acids is 1. The average molecular weight is 382 g/mol. The molecule has 0 bridgehead atoms. The molecule has 27 heavy (non-hydrogen) atoms. The van der Waals surface area contributed by atoms with Crippen molar-refractivity contribution >= 4 is 32.2 Å². The largest absolute Gasteiger partial charge is 0.325 e. The van der Waals surface area contributed by atoms with E-state index in [1.54, 1.807) is 12.1 Å². The zero-order valence-electron chi connectivity index (χ0n) is 15.3. The van der Waals surface area contributed by atoms with Crippen molar-refractivity contribution in [1.82, 2.24) is 5.32 Å². The quantitative estimate of drug-likeness (QED) is 0.684. The van der Waals surface area contributed by atoms with E-state index in [1.165, 1.54) is 12.1 Å². The Morgan fingerprint density at radius 3 is 2.48 bits per heavy atom. The summed E-state index contributed by atoms with van der Waals surface area (Å²) >= 11 is 0. The monoisotopic (exact) mass is 382 g/mol. The van der Waals surface area contributed by atoms with Crippen molar-refractivity contribution in [1.29, 1.82) is 0 Å². The third kappa shape index (κ3) is 4.72. The zero-order chi connectivity index (χ0) is 19.4. The highest BCUT2D eigenvalue weighted by atomic mass is 32.2. The first-order valence-electron chi connectivity index (χ1n) is 8.65. The Morgan fingerprint density at radius 2 is 1.70 bits per heavy atom. The van der Waals surface area contributed by atoms with Crippen LogP contribution in [0.1, 0.15) is 18.5 Å². The molecular weight excluding hydrogens is 360 g/mol. The van der Waals surface area contributed by atoms with Gasteiger partial charge in [-0.25, -0.2) is 8.42 Å². The number of carbonyl (C=O) groups is 1. The van der Waals surface area contributed by atoms with Crippen LogP contribution in [0.5, 0.6) is 0 Å². The molecule has 1 amide bonds. The first-order chi connectivity index (χ1) is 12.8. The Labute approximate surface area is 159 Å². The average Bonchev–Trinajstić information content (AvgIpc) is 2.65. The number of benzene rings is 3. The predicted octanol–water partition coefficient (Wildman–Crippen LogP) is 3.53. The Balaban J connectivity index is 1.65. The minimum Gasteiger partial charge on any atom is -0.325 e.